The van der Waals surface area contributed by atoms with Crippen LogP contribution in [0.1, 0.15) is 27.2 Å². The highest BCUT2D eigenvalue weighted by Gasteiger charge is 2.15. The molecule has 0 saturated heterocycles. The molecule has 0 rings (SSSR count). The summed E-state index contributed by atoms with van der Waals surface area (Å²) in [5, 5.41) is 2.70. The minimum Gasteiger partial charge on any atom is -0.355 e. The highest BCUT2D eigenvalue weighted by atomic mass is 32.2. The Labute approximate surface area is 98.3 Å². The molecule has 0 saturated carbocycles. The highest BCUT2D eigenvalue weighted by Crippen LogP contribution is 1.98. The maximum Gasteiger partial charge on any atom is 0.222 e. The van der Waals surface area contributed by atoms with E-state index in [1.54, 1.807) is 13.8 Å². The van der Waals surface area contributed by atoms with E-state index in [-0.39, 0.29) is 11.8 Å². The molecule has 1 amide bonds. The summed E-state index contributed by atoms with van der Waals surface area (Å²) in [5.74, 6) is -0.122. The third-order valence-electron chi connectivity index (χ3n) is 2.13. The van der Waals surface area contributed by atoms with Gasteiger partial charge in [0.1, 0.15) is 0 Å². The van der Waals surface area contributed by atoms with E-state index >= 15 is 0 Å². The summed E-state index contributed by atoms with van der Waals surface area (Å²) in [6, 6.07) is 0. The molecule has 0 radical (unpaired) electrons. The molecule has 0 aliphatic carbocycles. The number of nitrogens with zero attached hydrogens (tertiary/aromatic N) is 1. The second-order valence-corrected chi connectivity index (χ2v) is 6.09. The number of amides is 1. The first-order chi connectivity index (χ1) is 7.29. The quantitative estimate of drug-likeness (QED) is 0.712. The lowest BCUT2D eigenvalue weighted by Gasteiger charge is -2.19. The third-order valence-corrected chi connectivity index (χ3v) is 3.43. The SMILES string of the molecule is CCCN(CCNC(=O)C(C)C)S(C)(=O)=O. The topological polar surface area (TPSA) is 66.5 Å². The molecule has 0 aromatic rings. The van der Waals surface area contributed by atoms with E-state index in [0.29, 0.717) is 19.6 Å². The zero-order valence-electron chi connectivity index (χ0n) is 10.5. The molecule has 0 aromatic carbocycles. The van der Waals surface area contributed by atoms with Crippen LogP contribution in [0.15, 0.2) is 0 Å². The van der Waals surface area contributed by atoms with Crippen LogP contribution in [0.3, 0.4) is 0 Å². The minimum atomic E-state index is -3.16. The minimum absolute atomic E-state index is 0.0510. The molecule has 0 unspecified atom stereocenters. The van der Waals surface area contributed by atoms with E-state index in [2.05, 4.69) is 5.32 Å². The first-order valence-corrected chi connectivity index (χ1v) is 7.36. The lowest BCUT2D eigenvalue weighted by molar-refractivity contribution is -0.123. The van der Waals surface area contributed by atoms with E-state index in [9.17, 15) is 13.2 Å². The van der Waals surface area contributed by atoms with E-state index in [1.807, 2.05) is 6.92 Å². The molecule has 96 valence electrons. The molecule has 0 aromatic heterocycles. The molecule has 6 heteroatoms. The Hall–Kier alpha value is -0.620. The Morgan fingerprint density at radius 3 is 2.25 bits per heavy atom. The second kappa shape index (κ2) is 6.85. The van der Waals surface area contributed by atoms with Gasteiger partial charge < -0.3 is 5.32 Å². The van der Waals surface area contributed by atoms with Crippen molar-refractivity contribution in [2.45, 2.75) is 27.2 Å². The van der Waals surface area contributed by atoms with Crippen LogP contribution >= 0.6 is 0 Å². The van der Waals surface area contributed by atoms with Gasteiger partial charge in [0.25, 0.3) is 0 Å². The van der Waals surface area contributed by atoms with Gasteiger partial charge in [-0.15, -0.1) is 0 Å². The fourth-order valence-corrected chi connectivity index (χ4v) is 2.14. The van der Waals surface area contributed by atoms with Gasteiger partial charge >= 0.3 is 0 Å². The van der Waals surface area contributed by atoms with E-state index < -0.39 is 10.0 Å². The Morgan fingerprint density at radius 1 is 1.31 bits per heavy atom. The van der Waals surface area contributed by atoms with Gasteiger partial charge in [-0.3, -0.25) is 4.79 Å². The van der Waals surface area contributed by atoms with E-state index in [4.69, 9.17) is 0 Å². The van der Waals surface area contributed by atoms with Gasteiger partial charge in [0.2, 0.25) is 15.9 Å². The maximum atomic E-state index is 11.3. The molecule has 5 nitrogen and oxygen atoms in total. The summed E-state index contributed by atoms with van der Waals surface area (Å²) in [6.45, 7) is 6.72. The van der Waals surface area contributed by atoms with Gasteiger partial charge in [-0.2, -0.15) is 0 Å². The van der Waals surface area contributed by atoms with Crippen molar-refractivity contribution in [3.05, 3.63) is 0 Å². The molecule has 1 N–H and O–H groups in total. The van der Waals surface area contributed by atoms with Gasteiger partial charge in [-0.25, -0.2) is 12.7 Å². The van der Waals surface area contributed by atoms with Gasteiger partial charge in [0.05, 0.1) is 6.26 Å². The second-order valence-electron chi connectivity index (χ2n) is 4.11. The zero-order chi connectivity index (χ0) is 12.8. The van der Waals surface area contributed by atoms with Crippen molar-refractivity contribution in [3.63, 3.8) is 0 Å². The van der Waals surface area contributed by atoms with Crippen LogP contribution in [0.2, 0.25) is 0 Å². The molecule has 16 heavy (non-hydrogen) atoms. The van der Waals surface area contributed by atoms with Crippen molar-refractivity contribution in [2.75, 3.05) is 25.9 Å². The van der Waals surface area contributed by atoms with Crippen LogP contribution in [0, 0.1) is 5.92 Å². The molecule has 0 heterocycles. The van der Waals surface area contributed by atoms with Crippen molar-refractivity contribution < 1.29 is 13.2 Å². The Bertz CT molecular complexity index is 312. The molecule has 0 atom stereocenters. The van der Waals surface area contributed by atoms with Crippen LogP contribution < -0.4 is 5.32 Å². The summed E-state index contributed by atoms with van der Waals surface area (Å²) in [4.78, 5) is 11.3. The summed E-state index contributed by atoms with van der Waals surface area (Å²) in [6.07, 6.45) is 1.96. The van der Waals surface area contributed by atoms with Crippen molar-refractivity contribution >= 4 is 15.9 Å². The number of carbonyl (C=O) groups excluding carboxylic acids is 1. The first kappa shape index (κ1) is 15.4. The Balaban J connectivity index is 4.10. The van der Waals surface area contributed by atoms with Crippen LogP contribution in [-0.2, 0) is 14.8 Å². The van der Waals surface area contributed by atoms with E-state index in [0.717, 1.165) is 6.42 Å². The monoisotopic (exact) mass is 250 g/mol. The number of rotatable bonds is 7. The molecular formula is C10H22N2O3S. The standard InChI is InChI=1S/C10H22N2O3S/c1-5-7-12(16(4,14)15)8-6-11-10(13)9(2)3/h9H,5-8H2,1-4H3,(H,11,13). The molecule has 0 aliphatic rings. The van der Waals surface area contributed by atoms with Gasteiger partial charge in [0, 0.05) is 25.6 Å². The van der Waals surface area contributed by atoms with Crippen molar-refractivity contribution in [1.29, 1.82) is 0 Å². The average molecular weight is 250 g/mol. The predicted molar refractivity (Wildman–Crippen MR) is 64.6 cm³/mol. The smallest absolute Gasteiger partial charge is 0.222 e. The number of nitrogens with one attached hydrogen (secondary N) is 1. The third kappa shape index (κ3) is 6.07. The molecule has 0 bridgehead atoms. The van der Waals surface area contributed by atoms with E-state index in [1.165, 1.54) is 10.6 Å². The van der Waals surface area contributed by atoms with Crippen molar-refractivity contribution in [1.82, 2.24) is 9.62 Å². The van der Waals surface area contributed by atoms with Crippen molar-refractivity contribution in [3.8, 4) is 0 Å². The van der Waals surface area contributed by atoms with Crippen LogP contribution in [0.5, 0.6) is 0 Å². The van der Waals surface area contributed by atoms with Crippen LogP contribution in [-0.4, -0.2) is 44.5 Å². The molecule has 0 spiro atoms. The largest absolute Gasteiger partial charge is 0.355 e. The number of hydrogen-bond donors (Lipinski definition) is 1. The van der Waals surface area contributed by atoms with Crippen molar-refractivity contribution in [2.24, 2.45) is 5.92 Å². The number of carbonyl (C=O) groups is 1. The number of hydrogen-bond acceptors (Lipinski definition) is 3. The number of sulfonamides is 1. The zero-order valence-corrected chi connectivity index (χ0v) is 11.3. The van der Waals surface area contributed by atoms with Gasteiger partial charge in [0.15, 0.2) is 0 Å². The molecular weight excluding hydrogens is 228 g/mol. The first-order valence-electron chi connectivity index (χ1n) is 5.51. The summed E-state index contributed by atoms with van der Waals surface area (Å²) >= 11 is 0. The summed E-state index contributed by atoms with van der Waals surface area (Å²) in [7, 11) is -3.16. The lowest BCUT2D eigenvalue weighted by Crippen LogP contribution is -2.39. The van der Waals surface area contributed by atoms with Crippen LogP contribution in [0.25, 0.3) is 0 Å². The fraction of sp³-hybridized carbons (Fsp3) is 0.900. The highest BCUT2D eigenvalue weighted by molar-refractivity contribution is 7.88. The summed E-state index contributed by atoms with van der Waals surface area (Å²) in [5.41, 5.74) is 0. The van der Waals surface area contributed by atoms with Gasteiger partial charge in [-0.05, 0) is 6.42 Å². The molecule has 0 fully saturated rings. The van der Waals surface area contributed by atoms with Crippen LogP contribution in [0.4, 0.5) is 0 Å². The average Bonchev–Trinajstić information content (AvgIpc) is 2.14. The summed E-state index contributed by atoms with van der Waals surface area (Å²) < 4.78 is 24.1. The maximum absolute atomic E-state index is 11.3. The lowest BCUT2D eigenvalue weighted by atomic mass is 10.2. The Morgan fingerprint density at radius 2 is 1.88 bits per heavy atom. The normalized spacial score (nSPS) is 12.1. The fourth-order valence-electron chi connectivity index (χ4n) is 1.20. The Kier molecular flexibility index (Phi) is 6.59. The predicted octanol–water partition coefficient (Wildman–Crippen LogP) is 0.430. The van der Waals surface area contributed by atoms with Gasteiger partial charge in [-0.1, -0.05) is 20.8 Å². The molecule has 0 aliphatic heterocycles.